The Morgan fingerprint density at radius 2 is 1.24 bits per heavy atom. The average Bonchev–Trinajstić information content (AvgIpc) is 2.89. The van der Waals surface area contributed by atoms with E-state index in [-0.39, 0.29) is 0 Å². The summed E-state index contributed by atoms with van der Waals surface area (Å²) in [7, 11) is 0. The largest absolute Gasteiger partial charge is 0.472 e. The highest BCUT2D eigenvalue weighted by atomic mass is 16.3. The van der Waals surface area contributed by atoms with Crippen LogP contribution in [0.2, 0.25) is 0 Å². The van der Waals surface area contributed by atoms with Crippen molar-refractivity contribution < 1.29 is 8.83 Å². The van der Waals surface area contributed by atoms with Crippen LogP contribution in [0.15, 0.2) is 70.3 Å². The first kappa shape index (κ1) is 9.97. The van der Waals surface area contributed by atoms with Crippen molar-refractivity contribution in [2.45, 2.75) is 6.42 Å². The molecule has 0 atom stereocenters. The summed E-state index contributed by atoms with van der Waals surface area (Å²) in [5, 5.41) is 0. The molecule has 1 heterocycles. The lowest BCUT2D eigenvalue weighted by Gasteiger charge is -1.97. The van der Waals surface area contributed by atoms with Gasteiger partial charge in [-0.1, -0.05) is 24.3 Å². The summed E-state index contributed by atoms with van der Waals surface area (Å²) in [4.78, 5) is 0. The van der Waals surface area contributed by atoms with Crippen molar-refractivity contribution >= 4 is 11.1 Å². The zero-order valence-corrected chi connectivity index (χ0v) is 9.30. The van der Waals surface area contributed by atoms with E-state index in [9.17, 15) is 0 Å². The molecule has 0 saturated heterocycles. The molecule has 2 bridgehead atoms. The van der Waals surface area contributed by atoms with Crippen LogP contribution < -0.4 is 0 Å². The van der Waals surface area contributed by atoms with E-state index < -0.39 is 0 Å². The standard InChI is InChI=1S/C15H12O2/c1-2-4-8-17-11-15-13-6-5-12(9-13)14(15)10-16-7-3-1/h1-8,10-11H,9H2. The summed E-state index contributed by atoms with van der Waals surface area (Å²) >= 11 is 0. The minimum absolute atomic E-state index is 0.982. The van der Waals surface area contributed by atoms with Crippen molar-refractivity contribution in [2.75, 3.05) is 0 Å². The molecule has 1 aromatic rings. The third kappa shape index (κ3) is 1.89. The van der Waals surface area contributed by atoms with Crippen LogP contribution in [0.25, 0.3) is 11.1 Å². The van der Waals surface area contributed by atoms with Crippen LogP contribution in [-0.2, 0) is 0 Å². The van der Waals surface area contributed by atoms with E-state index in [4.69, 9.17) is 8.83 Å². The Labute approximate surface area is 99.5 Å². The third-order valence-corrected chi connectivity index (χ3v) is 2.87. The predicted octanol–water partition coefficient (Wildman–Crippen LogP) is 4.31. The van der Waals surface area contributed by atoms with Gasteiger partial charge in [0, 0.05) is 11.1 Å². The van der Waals surface area contributed by atoms with Gasteiger partial charge < -0.3 is 8.83 Å². The first-order valence-corrected chi connectivity index (χ1v) is 5.55. The molecule has 0 aromatic carbocycles. The lowest BCUT2D eigenvalue weighted by Crippen LogP contribution is -1.78. The van der Waals surface area contributed by atoms with Crippen LogP contribution in [-0.4, -0.2) is 0 Å². The Bertz CT molecular complexity index is 544. The second-order valence-electron chi connectivity index (χ2n) is 3.94. The maximum atomic E-state index is 5.39. The van der Waals surface area contributed by atoms with Crippen LogP contribution in [0.4, 0.5) is 0 Å². The molecule has 1 aromatic heterocycles. The van der Waals surface area contributed by atoms with E-state index in [1.807, 2.05) is 24.3 Å². The van der Waals surface area contributed by atoms with Crippen molar-refractivity contribution in [1.29, 1.82) is 0 Å². The van der Waals surface area contributed by atoms with Crippen LogP contribution in [0.5, 0.6) is 0 Å². The summed E-state index contributed by atoms with van der Waals surface area (Å²) in [6.45, 7) is 0. The summed E-state index contributed by atoms with van der Waals surface area (Å²) in [6.07, 6.45) is 12.1. The topological polar surface area (TPSA) is 26.3 Å². The molecule has 0 aliphatic heterocycles. The van der Waals surface area contributed by atoms with Gasteiger partial charge in [-0.15, -0.1) is 0 Å². The van der Waals surface area contributed by atoms with Crippen LogP contribution >= 0.6 is 0 Å². The Hall–Kier alpha value is -2.22. The van der Waals surface area contributed by atoms with E-state index in [1.165, 1.54) is 11.1 Å². The monoisotopic (exact) mass is 224 g/mol. The minimum atomic E-state index is 0.982. The van der Waals surface area contributed by atoms with Gasteiger partial charge in [-0.3, -0.25) is 0 Å². The van der Waals surface area contributed by atoms with Crippen LogP contribution in [0.3, 0.4) is 0 Å². The van der Waals surface area contributed by atoms with E-state index in [2.05, 4.69) is 12.2 Å². The Kier molecular flexibility index (Phi) is 2.54. The van der Waals surface area contributed by atoms with Gasteiger partial charge in [-0.2, -0.15) is 0 Å². The van der Waals surface area contributed by atoms with Crippen LogP contribution in [0.1, 0.15) is 17.5 Å². The maximum absolute atomic E-state index is 5.39. The highest BCUT2D eigenvalue weighted by Gasteiger charge is 2.23. The quantitative estimate of drug-likeness (QED) is 0.656. The number of fused-ring (bicyclic) bond motifs is 5. The Morgan fingerprint density at radius 3 is 1.76 bits per heavy atom. The van der Waals surface area contributed by atoms with Gasteiger partial charge in [0.25, 0.3) is 0 Å². The van der Waals surface area contributed by atoms with E-state index in [0.717, 1.165) is 17.5 Å². The van der Waals surface area contributed by atoms with Gasteiger partial charge in [-0.25, -0.2) is 0 Å². The molecule has 2 nitrogen and oxygen atoms in total. The smallest absolute Gasteiger partial charge is 0.0983 e. The third-order valence-electron chi connectivity index (χ3n) is 2.87. The van der Waals surface area contributed by atoms with E-state index in [1.54, 1.807) is 25.1 Å². The molecule has 0 spiro atoms. The molecule has 17 heavy (non-hydrogen) atoms. The molecule has 0 unspecified atom stereocenters. The predicted molar refractivity (Wildman–Crippen MR) is 66.8 cm³/mol. The molecular weight excluding hydrogens is 212 g/mol. The summed E-state index contributed by atoms with van der Waals surface area (Å²) in [5.41, 5.74) is 4.81. The molecule has 0 radical (unpaired) electrons. The number of hydrogen-bond acceptors (Lipinski definition) is 2. The molecule has 0 fully saturated rings. The number of allylic oxidation sites excluding steroid dienone is 4. The van der Waals surface area contributed by atoms with Gasteiger partial charge in [0.15, 0.2) is 0 Å². The van der Waals surface area contributed by atoms with E-state index >= 15 is 0 Å². The van der Waals surface area contributed by atoms with Gasteiger partial charge in [0.2, 0.25) is 0 Å². The van der Waals surface area contributed by atoms with Crippen molar-refractivity contribution in [2.24, 2.45) is 0 Å². The first-order chi connectivity index (χ1) is 8.45. The second kappa shape index (κ2) is 4.34. The van der Waals surface area contributed by atoms with Gasteiger partial charge >= 0.3 is 0 Å². The van der Waals surface area contributed by atoms with Gasteiger partial charge in [0.05, 0.1) is 25.1 Å². The lowest BCUT2D eigenvalue weighted by atomic mass is 10.1. The van der Waals surface area contributed by atoms with Crippen LogP contribution in [0, 0.1) is 0 Å². The highest BCUT2D eigenvalue weighted by molar-refractivity contribution is 5.97. The first-order valence-electron chi connectivity index (χ1n) is 5.55. The Morgan fingerprint density at radius 1 is 0.706 bits per heavy atom. The zero-order valence-electron chi connectivity index (χ0n) is 9.30. The lowest BCUT2D eigenvalue weighted by molar-refractivity contribution is 0.545. The molecule has 2 aliphatic rings. The molecule has 3 rings (SSSR count). The summed E-state index contributed by atoms with van der Waals surface area (Å²) in [6, 6.07) is 7.45. The molecule has 0 N–H and O–H groups in total. The fourth-order valence-electron chi connectivity index (χ4n) is 2.04. The van der Waals surface area contributed by atoms with Gasteiger partial charge in [0.1, 0.15) is 0 Å². The fraction of sp³-hybridized carbons (Fsp3) is 0.0667. The zero-order chi connectivity index (χ0) is 11.5. The maximum Gasteiger partial charge on any atom is 0.0983 e. The summed E-state index contributed by atoms with van der Waals surface area (Å²) < 4.78 is 10.8. The summed E-state index contributed by atoms with van der Waals surface area (Å²) in [5.74, 6) is 0. The molecule has 0 saturated carbocycles. The van der Waals surface area contributed by atoms with Gasteiger partial charge in [-0.05, 0) is 29.7 Å². The van der Waals surface area contributed by atoms with Crippen molar-refractivity contribution in [3.8, 4) is 0 Å². The minimum Gasteiger partial charge on any atom is -0.472 e. The van der Waals surface area contributed by atoms with Crippen molar-refractivity contribution in [3.05, 3.63) is 72.6 Å². The normalized spacial score (nSPS) is 14.4. The molecule has 2 heteroatoms. The molecule has 0 amide bonds. The second-order valence-corrected chi connectivity index (χ2v) is 3.94. The fourth-order valence-corrected chi connectivity index (χ4v) is 2.04. The van der Waals surface area contributed by atoms with Crippen molar-refractivity contribution in [1.82, 2.24) is 0 Å². The highest BCUT2D eigenvalue weighted by Crippen LogP contribution is 2.43. The Balaban J connectivity index is 2.22. The molecule has 84 valence electrons. The van der Waals surface area contributed by atoms with E-state index in [0.29, 0.717) is 0 Å². The molecular formula is C15H12O2. The number of hydrogen-bond donors (Lipinski definition) is 0. The van der Waals surface area contributed by atoms with Crippen molar-refractivity contribution in [3.63, 3.8) is 0 Å². The SMILES string of the molecule is C1=C2CC(=C1)c1coccccccocc12. The average molecular weight is 224 g/mol. The number of rotatable bonds is 0. The molecule has 2 aliphatic carbocycles.